The predicted molar refractivity (Wildman–Crippen MR) is 90.9 cm³/mol. The first-order valence-electron chi connectivity index (χ1n) is 7.18. The van der Waals surface area contributed by atoms with Gasteiger partial charge in [-0.15, -0.1) is 0 Å². The molecule has 0 aliphatic carbocycles. The van der Waals surface area contributed by atoms with Crippen LogP contribution in [0.15, 0.2) is 59.1 Å². The molecular formula is C17H17BrN2O3. The van der Waals surface area contributed by atoms with E-state index in [1.807, 2.05) is 30.3 Å². The second-order valence-electron chi connectivity index (χ2n) is 4.77. The van der Waals surface area contributed by atoms with Crippen LogP contribution in [0.4, 0.5) is 0 Å². The normalized spacial score (nSPS) is 9.96. The molecule has 2 aromatic rings. The number of benzene rings is 2. The van der Waals surface area contributed by atoms with Crippen LogP contribution in [0.1, 0.15) is 23.2 Å². The van der Waals surface area contributed by atoms with Crippen molar-refractivity contribution < 1.29 is 14.3 Å². The van der Waals surface area contributed by atoms with Crippen molar-refractivity contribution in [2.24, 2.45) is 0 Å². The average molecular weight is 377 g/mol. The number of hydrazine groups is 1. The Balaban J connectivity index is 1.63. The summed E-state index contributed by atoms with van der Waals surface area (Å²) in [6.07, 6.45) is 0.836. The van der Waals surface area contributed by atoms with Gasteiger partial charge in [-0.25, -0.2) is 0 Å². The number of amides is 2. The smallest absolute Gasteiger partial charge is 0.269 e. The Labute approximate surface area is 143 Å². The van der Waals surface area contributed by atoms with E-state index in [2.05, 4.69) is 26.8 Å². The molecule has 5 nitrogen and oxygen atoms in total. The van der Waals surface area contributed by atoms with E-state index in [4.69, 9.17) is 4.74 Å². The van der Waals surface area contributed by atoms with Crippen LogP contribution in [0.5, 0.6) is 5.75 Å². The number of nitrogens with one attached hydrogen (secondary N) is 2. The van der Waals surface area contributed by atoms with Crippen LogP contribution in [0, 0.1) is 0 Å². The number of para-hydroxylation sites is 1. The van der Waals surface area contributed by atoms with Crippen LogP contribution in [-0.2, 0) is 4.79 Å². The lowest BCUT2D eigenvalue weighted by molar-refractivity contribution is -0.122. The van der Waals surface area contributed by atoms with Crippen LogP contribution < -0.4 is 15.6 Å². The Morgan fingerprint density at radius 3 is 2.35 bits per heavy atom. The molecular weight excluding hydrogens is 360 g/mol. The highest BCUT2D eigenvalue weighted by atomic mass is 79.9. The summed E-state index contributed by atoms with van der Waals surface area (Å²) in [6, 6.07) is 16.3. The van der Waals surface area contributed by atoms with E-state index < -0.39 is 0 Å². The van der Waals surface area contributed by atoms with E-state index >= 15 is 0 Å². The molecule has 0 aliphatic rings. The van der Waals surface area contributed by atoms with Gasteiger partial charge < -0.3 is 4.74 Å². The zero-order valence-electron chi connectivity index (χ0n) is 12.4. The van der Waals surface area contributed by atoms with Crippen LogP contribution in [0.25, 0.3) is 0 Å². The zero-order valence-corrected chi connectivity index (χ0v) is 14.0. The number of hydrogen-bond acceptors (Lipinski definition) is 3. The average Bonchev–Trinajstić information content (AvgIpc) is 2.58. The summed E-state index contributed by atoms with van der Waals surface area (Å²) in [6.45, 7) is 0.443. The molecule has 0 atom stereocenters. The van der Waals surface area contributed by atoms with E-state index in [1.165, 1.54) is 0 Å². The minimum atomic E-state index is -0.355. The second kappa shape index (κ2) is 8.95. The highest BCUT2D eigenvalue weighted by Crippen LogP contribution is 2.10. The van der Waals surface area contributed by atoms with Crippen molar-refractivity contribution in [2.45, 2.75) is 12.8 Å². The first kappa shape index (κ1) is 17.0. The van der Waals surface area contributed by atoms with Gasteiger partial charge in [0.1, 0.15) is 5.75 Å². The van der Waals surface area contributed by atoms with Crippen molar-refractivity contribution >= 4 is 27.7 Å². The van der Waals surface area contributed by atoms with Crippen LogP contribution in [0.2, 0.25) is 0 Å². The minimum Gasteiger partial charge on any atom is -0.494 e. The minimum absolute atomic E-state index is 0.257. The summed E-state index contributed by atoms with van der Waals surface area (Å²) in [7, 11) is 0. The Bertz CT molecular complexity index is 645. The third kappa shape index (κ3) is 6.12. The topological polar surface area (TPSA) is 67.4 Å². The van der Waals surface area contributed by atoms with Crippen molar-refractivity contribution in [2.75, 3.05) is 6.61 Å². The molecule has 0 aromatic heterocycles. The molecule has 2 N–H and O–H groups in total. The molecule has 0 spiro atoms. The van der Waals surface area contributed by atoms with E-state index in [0.717, 1.165) is 10.2 Å². The van der Waals surface area contributed by atoms with Gasteiger partial charge in [-0.05, 0) is 42.8 Å². The molecule has 0 fully saturated rings. The number of carbonyl (C=O) groups is 2. The molecule has 2 amide bonds. The molecule has 0 saturated heterocycles. The third-order valence-corrected chi connectivity index (χ3v) is 3.51. The van der Waals surface area contributed by atoms with Crippen LogP contribution in [-0.4, -0.2) is 18.4 Å². The summed E-state index contributed by atoms with van der Waals surface area (Å²) in [5, 5.41) is 0. The molecule has 120 valence electrons. The highest BCUT2D eigenvalue weighted by molar-refractivity contribution is 9.10. The summed E-state index contributed by atoms with van der Waals surface area (Å²) < 4.78 is 6.38. The van der Waals surface area contributed by atoms with Gasteiger partial charge in [0.15, 0.2) is 0 Å². The van der Waals surface area contributed by atoms with Gasteiger partial charge in [0.2, 0.25) is 5.91 Å². The Kier molecular flexibility index (Phi) is 6.62. The first-order valence-corrected chi connectivity index (χ1v) is 7.97. The van der Waals surface area contributed by atoms with Gasteiger partial charge in [-0.2, -0.15) is 0 Å². The predicted octanol–water partition coefficient (Wildman–Crippen LogP) is 3.07. The van der Waals surface area contributed by atoms with Crippen LogP contribution in [0.3, 0.4) is 0 Å². The standard InChI is InChI=1S/C17H17BrN2O3/c18-14-10-8-13(9-11-14)17(22)20-19-16(21)7-4-12-23-15-5-2-1-3-6-15/h1-3,5-6,8-11H,4,7,12H2,(H,19,21)(H,20,22). The number of hydrogen-bond donors (Lipinski definition) is 2. The quantitative estimate of drug-likeness (QED) is 0.601. The van der Waals surface area contributed by atoms with Crippen molar-refractivity contribution in [3.05, 3.63) is 64.6 Å². The number of ether oxygens (including phenoxy) is 1. The van der Waals surface area contributed by atoms with Gasteiger partial charge in [0, 0.05) is 16.5 Å². The fourth-order valence-electron chi connectivity index (χ4n) is 1.80. The summed E-state index contributed by atoms with van der Waals surface area (Å²) in [4.78, 5) is 23.5. The van der Waals surface area contributed by atoms with Gasteiger partial charge in [-0.1, -0.05) is 34.1 Å². The van der Waals surface area contributed by atoms with Gasteiger partial charge >= 0.3 is 0 Å². The summed E-state index contributed by atoms with van der Waals surface area (Å²) in [5.41, 5.74) is 5.24. The number of rotatable bonds is 6. The molecule has 2 rings (SSSR count). The van der Waals surface area contributed by atoms with E-state index in [1.54, 1.807) is 24.3 Å². The van der Waals surface area contributed by atoms with Crippen molar-refractivity contribution in [3.8, 4) is 5.75 Å². The van der Waals surface area contributed by atoms with Gasteiger partial charge in [0.05, 0.1) is 6.61 Å². The second-order valence-corrected chi connectivity index (χ2v) is 5.69. The van der Waals surface area contributed by atoms with Crippen LogP contribution >= 0.6 is 15.9 Å². The van der Waals surface area contributed by atoms with E-state index in [0.29, 0.717) is 18.6 Å². The molecule has 2 aromatic carbocycles. The molecule has 0 saturated carbocycles. The zero-order chi connectivity index (χ0) is 16.5. The number of carbonyl (C=O) groups excluding carboxylic acids is 2. The van der Waals surface area contributed by atoms with Crippen molar-refractivity contribution in [1.29, 1.82) is 0 Å². The molecule has 0 aliphatic heterocycles. The lowest BCUT2D eigenvalue weighted by Gasteiger charge is -2.08. The molecule has 0 heterocycles. The molecule has 0 radical (unpaired) electrons. The Morgan fingerprint density at radius 2 is 1.65 bits per heavy atom. The largest absolute Gasteiger partial charge is 0.494 e. The first-order chi connectivity index (χ1) is 11.1. The maximum atomic E-state index is 11.8. The number of halogens is 1. The lowest BCUT2D eigenvalue weighted by Crippen LogP contribution is -2.41. The molecule has 0 bridgehead atoms. The highest BCUT2D eigenvalue weighted by Gasteiger charge is 2.07. The Morgan fingerprint density at radius 1 is 0.957 bits per heavy atom. The summed E-state index contributed by atoms with van der Waals surface area (Å²) >= 11 is 3.30. The maximum absolute atomic E-state index is 11.8. The fraction of sp³-hybridized carbons (Fsp3) is 0.176. The SMILES string of the molecule is O=C(CCCOc1ccccc1)NNC(=O)c1ccc(Br)cc1. The molecule has 0 unspecified atom stereocenters. The fourth-order valence-corrected chi connectivity index (χ4v) is 2.07. The van der Waals surface area contributed by atoms with Crippen molar-refractivity contribution in [1.82, 2.24) is 10.9 Å². The Hall–Kier alpha value is -2.34. The third-order valence-electron chi connectivity index (χ3n) is 2.98. The maximum Gasteiger partial charge on any atom is 0.269 e. The summed E-state index contributed by atoms with van der Waals surface area (Å²) in [5.74, 6) is 0.162. The monoisotopic (exact) mass is 376 g/mol. The molecule has 6 heteroatoms. The van der Waals surface area contributed by atoms with Gasteiger partial charge in [-0.3, -0.25) is 20.4 Å². The van der Waals surface area contributed by atoms with Crippen molar-refractivity contribution in [3.63, 3.8) is 0 Å². The van der Waals surface area contributed by atoms with E-state index in [9.17, 15) is 9.59 Å². The lowest BCUT2D eigenvalue weighted by atomic mass is 10.2. The van der Waals surface area contributed by atoms with E-state index in [-0.39, 0.29) is 18.2 Å². The van der Waals surface area contributed by atoms with Gasteiger partial charge in [0.25, 0.3) is 5.91 Å². The molecule has 23 heavy (non-hydrogen) atoms.